The van der Waals surface area contributed by atoms with Crippen molar-refractivity contribution in [2.75, 3.05) is 19.8 Å². The molecule has 0 aromatic carbocycles. The van der Waals surface area contributed by atoms with E-state index in [0.717, 1.165) is 0 Å². The lowest BCUT2D eigenvalue weighted by molar-refractivity contribution is -0.324. The van der Waals surface area contributed by atoms with Gasteiger partial charge in [0, 0.05) is 0 Å². The van der Waals surface area contributed by atoms with Crippen molar-refractivity contribution in [2.24, 2.45) is 0 Å². The Kier molecular flexibility index (Phi) is 3.21. The van der Waals surface area contributed by atoms with Gasteiger partial charge < -0.3 is 14.2 Å². The molecule has 2 aliphatic rings. The average molecular weight is 242 g/mol. The molecular weight excluding hydrogens is 232 g/mol. The van der Waals surface area contributed by atoms with Crippen LogP contribution in [0.1, 0.15) is 0 Å². The van der Waals surface area contributed by atoms with E-state index in [2.05, 4.69) is 9.22 Å². The van der Waals surface area contributed by atoms with Gasteiger partial charge in [-0.15, -0.1) is 0 Å². The molecule has 1 N–H and O–H groups in total. The quantitative estimate of drug-likeness (QED) is 0.196. The first-order valence-electron chi connectivity index (χ1n) is 4.22. The second kappa shape index (κ2) is 4.29. The second-order valence-corrected chi connectivity index (χ2v) is 4.11. The molecule has 2 heterocycles. The Hall–Kier alpha value is -0.290. The number of hydrogen-bond acceptors (Lipinski definition) is 7. The van der Waals surface area contributed by atoms with Gasteiger partial charge in [-0.1, -0.05) is 4.33 Å². The summed E-state index contributed by atoms with van der Waals surface area (Å²) in [6.45, 7) is 1.27. The van der Waals surface area contributed by atoms with Gasteiger partial charge in [0.2, 0.25) is 6.29 Å². The minimum atomic E-state index is -4.64. The molecule has 9 heteroatoms. The van der Waals surface area contributed by atoms with Gasteiger partial charge in [-0.3, -0.25) is 4.55 Å². The molecule has 0 spiro atoms. The summed E-state index contributed by atoms with van der Waals surface area (Å²) in [5.41, 5.74) is 0. The summed E-state index contributed by atoms with van der Waals surface area (Å²) >= 11 is 0. The normalized spacial score (nSPS) is 31.3. The highest BCUT2D eigenvalue weighted by atomic mass is 32.3. The maximum atomic E-state index is 10.2. The fraction of sp³-hybridized carbons (Fsp3) is 1.00. The van der Waals surface area contributed by atoms with Crippen molar-refractivity contribution in [1.29, 1.82) is 0 Å². The van der Waals surface area contributed by atoms with E-state index in [4.69, 9.17) is 18.8 Å². The first-order chi connectivity index (χ1) is 7.04. The van der Waals surface area contributed by atoms with Gasteiger partial charge in [-0.2, -0.15) is 13.3 Å². The van der Waals surface area contributed by atoms with E-state index >= 15 is 0 Å². The van der Waals surface area contributed by atoms with Crippen molar-refractivity contribution in [1.82, 2.24) is 0 Å². The number of ether oxygens (including phenoxy) is 3. The molecule has 0 aromatic rings. The standard InChI is InChI=1S/C6H10O8S/c7-15(8,9)14-13-6(5-3-11-5)12-2-4-1-10-4/h4-6H,1-3H2,(H,7,8,9). The predicted octanol–water partition coefficient (Wildman–Crippen LogP) is -1.12. The number of epoxide rings is 2. The third-order valence-corrected chi connectivity index (χ3v) is 1.98. The van der Waals surface area contributed by atoms with Crippen molar-refractivity contribution in [3.8, 4) is 0 Å². The molecule has 8 nitrogen and oxygen atoms in total. The molecule has 15 heavy (non-hydrogen) atoms. The number of hydrogen-bond donors (Lipinski definition) is 1. The molecular formula is C6H10O8S. The van der Waals surface area contributed by atoms with Crippen LogP contribution in [-0.4, -0.2) is 51.3 Å². The first-order valence-corrected chi connectivity index (χ1v) is 5.58. The van der Waals surface area contributed by atoms with Crippen LogP contribution >= 0.6 is 0 Å². The molecule has 2 aliphatic heterocycles. The van der Waals surface area contributed by atoms with E-state index in [9.17, 15) is 8.42 Å². The van der Waals surface area contributed by atoms with Crippen LogP contribution in [0.15, 0.2) is 0 Å². The zero-order chi connectivity index (χ0) is 10.9. The molecule has 0 aromatic heterocycles. The lowest BCUT2D eigenvalue weighted by atomic mass is 10.4. The average Bonchev–Trinajstić information content (AvgIpc) is 2.98. The van der Waals surface area contributed by atoms with Gasteiger partial charge in [-0.05, 0) is 0 Å². The first kappa shape index (κ1) is 11.2. The molecule has 88 valence electrons. The fourth-order valence-corrected chi connectivity index (χ4v) is 1.04. The molecule has 0 aliphatic carbocycles. The predicted molar refractivity (Wildman–Crippen MR) is 42.9 cm³/mol. The van der Waals surface area contributed by atoms with Crippen LogP contribution in [0, 0.1) is 0 Å². The zero-order valence-electron chi connectivity index (χ0n) is 7.57. The maximum absolute atomic E-state index is 10.2. The molecule has 3 atom stereocenters. The summed E-state index contributed by atoms with van der Waals surface area (Å²) in [5.74, 6) is 0. The maximum Gasteiger partial charge on any atom is 0.424 e. The van der Waals surface area contributed by atoms with Crippen LogP contribution in [0.2, 0.25) is 0 Å². The highest BCUT2D eigenvalue weighted by molar-refractivity contribution is 7.80. The SMILES string of the molecule is O=S(=O)(O)OOC(OCC1CO1)C1CO1. The van der Waals surface area contributed by atoms with E-state index in [1.54, 1.807) is 0 Å². The largest absolute Gasteiger partial charge is 0.424 e. The minimum absolute atomic E-state index is 0.0144. The summed E-state index contributed by atoms with van der Waals surface area (Å²) in [4.78, 5) is 4.37. The third-order valence-electron chi connectivity index (χ3n) is 1.73. The van der Waals surface area contributed by atoms with Crippen LogP contribution in [0.4, 0.5) is 0 Å². The van der Waals surface area contributed by atoms with Crippen LogP contribution in [0.3, 0.4) is 0 Å². The molecule has 2 rings (SSSR count). The minimum Gasteiger partial charge on any atom is -0.371 e. The van der Waals surface area contributed by atoms with Gasteiger partial charge in [0.1, 0.15) is 12.2 Å². The second-order valence-electron chi connectivity index (χ2n) is 3.12. The van der Waals surface area contributed by atoms with Gasteiger partial charge in [0.05, 0.1) is 19.8 Å². The van der Waals surface area contributed by atoms with Gasteiger partial charge in [-0.25, -0.2) is 0 Å². The van der Waals surface area contributed by atoms with E-state index in [-0.39, 0.29) is 18.8 Å². The monoisotopic (exact) mass is 242 g/mol. The van der Waals surface area contributed by atoms with E-state index in [1.807, 2.05) is 0 Å². The smallest absolute Gasteiger partial charge is 0.371 e. The van der Waals surface area contributed by atoms with Crippen molar-refractivity contribution >= 4 is 10.4 Å². The van der Waals surface area contributed by atoms with Crippen molar-refractivity contribution < 1.29 is 36.4 Å². The highest BCUT2D eigenvalue weighted by Gasteiger charge is 2.38. The topological polar surface area (TPSA) is 107 Å². The Balaban J connectivity index is 1.72. The number of rotatable bonds is 7. The van der Waals surface area contributed by atoms with E-state index in [1.165, 1.54) is 0 Å². The fourth-order valence-electron chi connectivity index (χ4n) is 0.865. The summed E-state index contributed by atoms with van der Waals surface area (Å²) in [5, 5.41) is 0. The van der Waals surface area contributed by atoms with Gasteiger partial charge in [0.25, 0.3) is 0 Å². The Morgan fingerprint density at radius 2 is 2.07 bits per heavy atom. The Morgan fingerprint density at radius 3 is 2.53 bits per heavy atom. The third kappa shape index (κ3) is 4.38. The van der Waals surface area contributed by atoms with E-state index < -0.39 is 16.7 Å². The molecule has 2 saturated heterocycles. The van der Waals surface area contributed by atoms with Crippen molar-refractivity contribution in [2.45, 2.75) is 18.5 Å². The molecule has 3 unspecified atom stereocenters. The zero-order valence-corrected chi connectivity index (χ0v) is 8.38. The molecule has 0 saturated carbocycles. The lowest BCUT2D eigenvalue weighted by Crippen LogP contribution is -2.27. The lowest BCUT2D eigenvalue weighted by Gasteiger charge is -2.12. The Bertz CT molecular complexity index is 305. The van der Waals surface area contributed by atoms with Gasteiger partial charge >= 0.3 is 10.4 Å². The molecule has 2 fully saturated rings. The van der Waals surface area contributed by atoms with Crippen LogP contribution in [0.25, 0.3) is 0 Å². The van der Waals surface area contributed by atoms with Crippen LogP contribution in [-0.2, 0) is 33.8 Å². The summed E-state index contributed by atoms with van der Waals surface area (Å²) < 4.78 is 47.3. The molecule has 0 amide bonds. The van der Waals surface area contributed by atoms with Crippen molar-refractivity contribution in [3.05, 3.63) is 0 Å². The Labute approximate surface area is 85.9 Å². The van der Waals surface area contributed by atoms with Crippen LogP contribution in [0.5, 0.6) is 0 Å². The summed E-state index contributed by atoms with van der Waals surface area (Å²) in [6.07, 6.45) is -1.33. The van der Waals surface area contributed by atoms with E-state index in [0.29, 0.717) is 13.2 Å². The Morgan fingerprint density at radius 1 is 1.40 bits per heavy atom. The summed E-state index contributed by atoms with van der Waals surface area (Å²) in [6, 6.07) is 0. The van der Waals surface area contributed by atoms with Gasteiger partial charge in [0.15, 0.2) is 0 Å². The van der Waals surface area contributed by atoms with Crippen LogP contribution < -0.4 is 0 Å². The molecule has 0 bridgehead atoms. The molecule has 0 radical (unpaired) electrons. The summed E-state index contributed by atoms with van der Waals surface area (Å²) in [7, 11) is -4.64. The van der Waals surface area contributed by atoms with Crippen molar-refractivity contribution in [3.63, 3.8) is 0 Å². The highest BCUT2D eigenvalue weighted by Crippen LogP contribution is 2.20.